The van der Waals surface area contributed by atoms with Crippen molar-refractivity contribution < 1.29 is 24.2 Å². The average molecular weight is 471 g/mol. The van der Waals surface area contributed by atoms with Gasteiger partial charge in [0.15, 0.2) is 0 Å². The zero-order valence-electron chi connectivity index (χ0n) is 17.2. The standard InChI is InChI=1S/C23H19ClN2O5S/c1-30-17-11-18(31-2)16(24)10-15(17)21(27)19-20(13-5-7-25-8-6-13)26(23(29)22(19)28)12-14-4-3-9-32-14/h3-11,20,27H,12H2,1-2H3/b21-19+. The first-order valence-corrected chi connectivity index (χ1v) is 10.8. The molecule has 1 N–H and O–H groups in total. The fourth-order valence-electron chi connectivity index (χ4n) is 3.70. The maximum atomic E-state index is 13.1. The fraction of sp³-hybridized carbons (Fsp3) is 0.174. The van der Waals surface area contributed by atoms with Crippen molar-refractivity contribution in [3.63, 3.8) is 0 Å². The Bertz CT molecular complexity index is 1190. The van der Waals surface area contributed by atoms with Crippen molar-refractivity contribution in [3.8, 4) is 11.5 Å². The van der Waals surface area contributed by atoms with Gasteiger partial charge in [-0.25, -0.2) is 0 Å². The summed E-state index contributed by atoms with van der Waals surface area (Å²) in [5.41, 5.74) is 0.791. The molecule has 0 spiro atoms. The van der Waals surface area contributed by atoms with Gasteiger partial charge in [0.25, 0.3) is 11.7 Å². The molecule has 0 radical (unpaired) electrons. The lowest BCUT2D eigenvalue weighted by Crippen LogP contribution is -2.28. The zero-order chi connectivity index (χ0) is 22.8. The number of aliphatic hydroxyl groups excluding tert-OH is 1. The molecule has 1 saturated heterocycles. The van der Waals surface area contributed by atoms with Gasteiger partial charge in [-0.2, -0.15) is 0 Å². The Labute approximate surface area is 193 Å². The SMILES string of the molecule is COc1cc(OC)c(/C(O)=C2\C(=O)C(=O)N(Cc3cccs3)C2c2ccncc2)cc1Cl. The molecule has 1 aromatic carbocycles. The topological polar surface area (TPSA) is 89.0 Å². The Morgan fingerprint density at radius 2 is 1.88 bits per heavy atom. The van der Waals surface area contributed by atoms with Crippen molar-refractivity contribution in [2.45, 2.75) is 12.6 Å². The maximum Gasteiger partial charge on any atom is 0.295 e. The Morgan fingerprint density at radius 1 is 1.16 bits per heavy atom. The summed E-state index contributed by atoms with van der Waals surface area (Å²) in [5, 5.41) is 13.4. The molecular formula is C23H19ClN2O5S. The molecule has 1 unspecified atom stereocenters. The van der Waals surface area contributed by atoms with Gasteiger partial charge < -0.3 is 19.5 Å². The molecule has 1 atom stereocenters. The Kier molecular flexibility index (Phi) is 6.16. The number of halogens is 1. The zero-order valence-corrected chi connectivity index (χ0v) is 18.8. The number of hydrogen-bond acceptors (Lipinski definition) is 7. The number of Topliss-reactive ketones (excluding diaryl/α,β-unsaturated/α-hetero) is 1. The van der Waals surface area contributed by atoms with Crippen LogP contribution in [0.2, 0.25) is 5.02 Å². The van der Waals surface area contributed by atoms with E-state index in [1.807, 2.05) is 17.5 Å². The second kappa shape index (κ2) is 9.02. The van der Waals surface area contributed by atoms with E-state index < -0.39 is 17.7 Å². The molecule has 4 rings (SSSR count). The molecule has 0 bridgehead atoms. The number of pyridine rings is 1. The molecule has 1 aliphatic heterocycles. The van der Waals surface area contributed by atoms with E-state index in [0.29, 0.717) is 11.3 Å². The Morgan fingerprint density at radius 3 is 2.50 bits per heavy atom. The molecule has 0 saturated carbocycles. The molecule has 1 aliphatic rings. The second-order valence-electron chi connectivity index (χ2n) is 6.97. The summed E-state index contributed by atoms with van der Waals surface area (Å²) >= 11 is 7.75. The highest BCUT2D eigenvalue weighted by atomic mass is 35.5. The molecule has 1 amide bonds. The van der Waals surface area contributed by atoms with E-state index in [1.165, 1.54) is 42.6 Å². The van der Waals surface area contributed by atoms with Gasteiger partial charge in [0.05, 0.1) is 43.0 Å². The predicted molar refractivity (Wildman–Crippen MR) is 121 cm³/mol. The monoisotopic (exact) mass is 470 g/mol. The summed E-state index contributed by atoms with van der Waals surface area (Å²) < 4.78 is 10.6. The van der Waals surface area contributed by atoms with Crippen molar-refractivity contribution in [2.24, 2.45) is 0 Å². The minimum absolute atomic E-state index is 0.0442. The number of hydrogen-bond donors (Lipinski definition) is 1. The average Bonchev–Trinajstić information content (AvgIpc) is 3.41. The van der Waals surface area contributed by atoms with Crippen LogP contribution in [0, 0.1) is 0 Å². The van der Waals surface area contributed by atoms with E-state index in [-0.39, 0.29) is 34.2 Å². The lowest BCUT2D eigenvalue weighted by molar-refractivity contribution is -0.140. The van der Waals surface area contributed by atoms with E-state index in [0.717, 1.165) is 4.88 Å². The summed E-state index contributed by atoms with van der Waals surface area (Å²) in [6.07, 6.45) is 3.15. The van der Waals surface area contributed by atoms with Crippen LogP contribution in [-0.4, -0.2) is 40.9 Å². The van der Waals surface area contributed by atoms with E-state index in [2.05, 4.69) is 4.98 Å². The van der Waals surface area contributed by atoms with Crippen molar-refractivity contribution in [3.05, 3.63) is 80.8 Å². The molecule has 0 aliphatic carbocycles. The van der Waals surface area contributed by atoms with Crippen LogP contribution in [0.5, 0.6) is 11.5 Å². The van der Waals surface area contributed by atoms with Gasteiger partial charge in [-0.05, 0) is 35.2 Å². The third-order valence-corrected chi connectivity index (χ3v) is 6.35. The quantitative estimate of drug-likeness (QED) is 0.325. The fourth-order valence-corrected chi connectivity index (χ4v) is 4.64. The van der Waals surface area contributed by atoms with Gasteiger partial charge in [0.1, 0.15) is 17.3 Å². The summed E-state index contributed by atoms with van der Waals surface area (Å²) in [5.74, 6) is -1.25. The molecule has 9 heteroatoms. The number of nitrogens with zero attached hydrogens (tertiary/aromatic N) is 2. The van der Waals surface area contributed by atoms with Crippen LogP contribution in [0.4, 0.5) is 0 Å². The number of aromatic nitrogens is 1. The molecule has 3 aromatic rings. The van der Waals surface area contributed by atoms with Crippen LogP contribution in [0.25, 0.3) is 5.76 Å². The first-order valence-electron chi connectivity index (χ1n) is 9.58. The third kappa shape index (κ3) is 3.83. The number of thiophene rings is 1. The van der Waals surface area contributed by atoms with Gasteiger partial charge >= 0.3 is 0 Å². The number of methoxy groups -OCH3 is 2. The molecule has 164 valence electrons. The number of ketones is 1. The number of rotatable bonds is 6. The van der Waals surface area contributed by atoms with Crippen LogP contribution in [0.15, 0.2) is 59.7 Å². The van der Waals surface area contributed by atoms with Crippen LogP contribution in [0.1, 0.15) is 22.0 Å². The van der Waals surface area contributed by atoms with Crippen molar-refractivity contribution in [2.75, 3.05) is 14.2 Å². The molecule has 1 fully saturated rings. The lowest BCUT2D eigenvalue weighted by atomic mass is 9.95. The first kappa shape index (κ1) is 21.9. The summed E-state index contributed by atoms with van der Waals surface area (Å²) in [6, 6.07) is 9.35. The lowest BCUT2D eigenvalue weighted by Gasteiger charge is -2.25. The number of likely N-dealkylation sites (tertiary alicyclic amines) is 1. The summed E-state index contributed by atoms with van der Waals surface area (Å²) in [6.45, 7) is 0.229. The minimum Gasteiger partial charge on any atom is -0.507 e. The molecule has 7 nitrogen and oxygen atoms in total. The Balaban J connectivity index is 1.91. The smallest absolute Gasteiger partial charge is 0.295 e. The minimum atomic E-state index is -0.800. The molecule has 3 heterocycles. The number of amides is 1. The summed E-state index contributed by atoms with van der Waals surface area (Å²) in [4.78, 5) is 32.5. The van der Waals surface area contributed by atoms with Gasteiger partial charge in [0, 0.05) is 23.3 Å². The highest BCUT2D eigenvalue weighted by Crippen LogP contribution is 2.43. The second-order valence-corrected chi connectivity index (χ2v) is 8.41. The van der Waals surface area contributed by atoms with E-state index in [9.17, 15) is 14.7 Å². The van der Waals surface area contributed by atoms with Crippen LogP contribution >= 0.6 is 22.9 Å². The molecule has 2 aromatic heterocycles. The van der Waals surface area contributed by atoms with E-state index in [1.54, 1.807) is 24.5 Å². The van der Waals surface area contributed by atoms with Gasteiger partial charge in [-0.3, -0.25) is 14.6 Å². The van der Waals surface area contributed by atoms with Crippen molar-refractivity contribution in [1.29, 1.82) is 0 Å². The predicted octanol–water partition coefficient (Wildman–Crippen LogP) is 4.44. The van der Waals surface area contributed by atoms with Crippen molar-refractivity contribution >= 4 is 40.4 Å². The number of aliphatic hydroxyl groups is 1. The first-order chi connectivity index (χ1) is 15.5. The van der Waals surface area contributed by atoms with E-state index in [4.69, 9.17) is 21.1 Å². The van der Waals surface area contributed by atoms with Gasteiger partial charge in [-0.1, -0.05) is 17.7 Å². The van der Waals surface area contributed by atoms with Crippen LogP contribution < -0.4 is 9.47 Å². The summed E-state index contributed by atoms with van der Waals surface area (Å²) in [7, 11) is 2.88. The Hall–Kier alpha value is -3.36. The van der Waals surface area contributed by atoms with Crippen molar-refractivity contribution in [1.82, 2.24) is 9.88 Å². The van der Waals surface area contributed by atoms with E-state index >= 15 is 0 Å². The van der Waals surface area contributed by atoms with Gasteiger partial charge in [-0.15, -0.1) is 11.3 Å². The highest BCUT2D eigenvalue weighted by molar-refractivity contribution is 7.09. The largest absolute Gasteiger partial charge is 0.507 e. The molecule has 32 heavy (non-hydrogen) atoms. The number of carbonyl (C=O) groups excluding carboxylic acids is 2. The highest BCUT2D eigenvalue weighted by Gasteiger charge is 2.46. The normalized spacial score (nSPS) is 17.6. The number of carbonyl (C=O) groups is 2. The number of ether oxygens (including phenoxy) is 2. The van der Waals surface area contributed by atoms with Crippen LogP contribution in [0.3, 0.4) is 0 Å². The third-order valence-electron chi connectivity index (χ3n) is 5.20. The number of benzene rings is 1. The van der Waals surface area contributed by atoms with Gasteiger partial charge in [0.2, 0.25) is 0 Å². The maximum absolute atomic E-state index is 13.1. The molecular weight excluding hydrogens is 452 g/mol. The van der Waals surface area contributed by atoms with Crippen LogP contribution in [-0.2, 0) is 16.1 Å².